The number of hydrogen-bond donors (Lipinski definition) is 3. The number of urea groups is 1. The van der Waals surface area contributed by atoms with E-state index in [1.54, 1.807) is 30.4 Å². The van der Waals surface area contributed by atoms with E-state index in [1.807, 2.05) is 17.7 Å². The highest BCUT2D eigenvalue weighted by atomic mass is 32.1. The lowest BCUT2D eigenvalue weighted by molar-refractivity contribution is 0.0696. The number of aryl methyl sites for hydroxylation is 2. The molecule has 0 saturated heterocycles. The van der Waals surface area contributed by atoms with E-state index >= 15 is 0 Å². The topological polar surface area (TPSA) is 78.4 Å². The molecule has 21 heavy (non-hydrogen) atoms. The van der Waals surface area contributed by atoms with Crippen LogP contribution in [-0.4, -0.2) is 17.1 Å². The molecular formula is C15H16N2O3S. The Morgan fingerprint density at radius 2 is 1.95 bits per heavy atom. The van der Waals surface area contributed by atoms with Gasteiger partial charge in [-0.2, -0.15) is 11.3 Å². The number of carboxylic acids is 1. The van der Waals surface area contributed by atoms with Crippen LogP contribution in [0.5, 0.6) is 0 Å². The first-order chi connectivity index (χ1) is 9.97. The average Bonchev–Trinajstić information content (AvgIpc) is 2.81. The highest BCUT2D eigenvalue weighted by Crippen LogP contribution is 2.16. The van der Waals surface area contributed by atoms with Gasteiger partial charge < -0.3 is 15.7 Å². The molecule has 0 aliphatic carbocycles. The maximum atomic E-state index is 11.8. The molecule has 0 spiro atoms. The summed E-state index contributed by atoms with van der Waals surface area (Å²) in [6, 6.07) is 4.38. The van der Waals surface area contributed by atoms with Gasteiger partial charge in [0.2, 0.25) is 0 Å². The summed E-state index contributed by atoms with van der Waals surface area (Å²) < 4.78 is 0. The number of carbonyl (C=O) groups is 2. The largest absolute Gasteiger partial charge is 0.478 e. The van der Waals surface area contributed by atoms with Crippen molar-refractivity contribution in [3.8, 4) is 0 Å². The first-order valence-corrected chi connectivity index (χ1v) is 7.32. The van der Waals surface area contributed by atoms with Gasteiger partial charge in [0.05, 0.1) is 5.56 Å². The number of rotatable bonds is 4. The van der Waals surface area contributed by atoms with Gasteiger partial charge in [-0.1, -0.05) is 0 Å². The second kappa shape index (κ2) is 6.41. The molecule has 5 nitrogen and oxygen atoms in total. The summed E-state index contributed by atoms with van der Waals surface area (Å²) in [6.45, 7) is 4.16. The van der Waals surface area contributed by atoms with Crippen LogP contribution in [0.2, 0.25) is 0 Å². The fraction of sp³-hybridized carbons (Fsp3) is 0.200. The molecule has 0 fully saturated rings. The molecule has 0 radical (unpaired) electrons. The van der Waals surface area contributed by atoms with Crippen LogP contribution in [0.4, 0.5) is 10.5 Å². The lowest BCUT2D eigenvalue weighted by Crippen LogP contribution is -2.28. The van der Waals surface area contributed by atoms with E-state index in [1.165, 1.54) is 6.07 Å². The predicted molar refractivity (Wildman–Crippen MR) is 83.1 cm³/mol. The molecule has 3 N–H and O–H groups in total. The first-order valence-electron chi connectivity index (χ1n) is 6.38. The number of amides is 2. The van der Waals surface area contributed by atoms with Crippen molar-refractivity contribution in [2.24, 2.45) is 0 Å². The Morgan fingerprint density at radius 1 is 1.19 bits per heavy atom. The molecule has 0 aliphatic rings. The molecule has 6 heteroatoms. The minimum Gasteiger partial charge on any atom is -0.478 e. The van der Waals surface area contributed by atoms with Gasteiger partial charge in [-0.05, 0) is 59.5 Å². The SMILES string of the molecule is Cc1cscc1CNC(=O)Nc1ccc(C(=O)O)c(C)c1. The molecule has 1 aromatic carbocycles. The second-order valence-corrected chi connectivity index (χ2v) is 5.47. The third-order valence-electron chi connectivity index (χ3n) is 3.12. The molecule has 0 bridgehead atoms. The number of thiophene rings is 1. The van der Waals surface area contributed by atoms with Crippen LogP contribution in [0.1, 0.15) is 27.0 Å². The molecule has 0 aliphatic heterocycles. The van der Waals surface area contributed by atoms with Gasteiger partial charge >= 0.3 is 12.0 Å². The predicted octanol–water partition coefficient (Wildman–Crippen LogP) is 3.38. The third kappa shape index (κ3) is 3.82. The third-order valence-corrected chi connectivity index (χ3v) is 4.03. The molecule has 1 aromatic heterocycles. The van der Waals surface area contributed by atoms with Gasteiger partial charge in [-0.15, -0.1) is 0 Å². The molecule has 0 unspecified atom stereocenters. The molecule has 2 amide bonds. The number of anilines is 1. The first kappa shape index (κ1) is 15.1. The fourth-order valence-corrected chi connectivity index (χ4v) is 2.76. The van der Waals surface area contributed by atoms with Crippen molar-refractivity contribution in [3.63, 3.8) is 0 Å². The van der Waals surface area contributed by atoms with Crippen LogP contribution in [-0.2, 0) is 6.54 Å². The monoisotopic (exact) mass is 304 g/mol. The molecular weight excluding hydrogens is 288 g/mol. The molecule has 0 atom stereocenters. The van der Waals surface area contributed by atoms with Crippen LogP contribution >= 0.6 is 11.3 Å². The summed E-state index contributed by atoms with van der Waals surface area (Å²) in [7, 11) is 0. The standard InChI is InChI=1S/C15H16N2O3S/c1-9-5-12(3-4-13(9)14(18)19)17-15(20)16-6-11-8-21-7-10(11)2/h3-5,7-8H,6H2,1-2H3,(H,18,19)(H2,16,17,20). The zero-order chi connectivity index (χ0) is 15.4. The van der Waals surface area contributed by atoms with E-state index < -0.39 is 5.97 Å². The van der Waals surface area contributed by atoms with E-state index in [4.69, 9.17) is 5.11 Å². The average molecular weight is 304 g/mol. The highest BCUT2D eigenvalue weighted by molar-refractivity contribution is 7.08. The number of aromatic carboxylic acids is 1. The molecule has 1 heterocycles. The lowest BCUT2D eigenvalue weighted by atomic mass is 10.1. The van der Waals surface area contributed by atoms with Gasteiger partial charge in [0.25, 0.3) is 0 Å². The van der Waals surface area contributed by atoms with Crippen LogP contribution in [0.3, 0.4) is 0 Å². The Labute approximate surface area is 126 Å². The van der Waals surface area contributed by atoms with Crippen LogP contribution in [0.15, 0.2) is 29.0 Å². The number of nitrogens with one attached hydrogen (secondary N) is 2. The van der Waals surface area contributed by atoms with Gasteiger partial charge in [-0.25, -0.2) is 9.59 Å². The van der Waals surface area contributed by atoms with E-state index in [0.29, 0.717) is 17.8 Å². The number of carboxylic acid groups (broad SMARTS) is 1. The maximum Gasteiger partial charge on any atom is 0.335 e. The van der Waals surface area contributed by atoms with Gasteiger partial charge in [0.1, 0.15) is 0 Å². The molecule has 2 aromatic rings. The van der Waals surface area contributed by atoms with E-state index in [9.17, 15) is 9.59 Å². The van der Waals surface area contributed by atoms with Crippen molar-refractivity contribution in [2.75, 3.05) is 5.32 Å². The molecule has 110 valence electrons. The Hall–Kier alpha value is -2.34. The van der Waals surface area contributed by atoms with E-state index in [2.05, 4.69) is 10.6 Å². The van der Waals surface area contributed by atoms with Crippen molar-refractivity contribution >= 4 is 29.0 Å². The number of benzene rings is 1. The van der Waals surface area contributed by atoms with Crippen molar-refractivity contribution in [2.45, 2.75) is 20.4 Å². The van der Waals surface area contributed by atoms with Crippen LogP contribution in [0.25, 0.3) is 0 Å². The Kier molecular flexibility index (Phi) is 4.59. The van der Waals surface area contributed by atoms with Gasteiger partial charge in [0, 0.05) is 12.2 Å². The van der Waals surface area contributed by atoms with Gasteiger partial charge in [-0.3, -0.25) is 0 Å². The minimum atomic E-state index is -0.976. The lowest BCUT2D eigenvalue weighted by Gasteiger charge is -2.09. The molecule has 0 saturated carbocycles. The summed E-state index contributed by atoms with van der Waals surface area (Å²) >= 11 is 1.60. The zero-order valence-corrected chi connectivity index (χ0v) is 12.6. The normalized spacial score (nSPS) is 10.2. The van der Waals surface area contributed by atoms with E-state index in [-0.39, 0.29) is 11.6 Å². The summed E-state index contributed by atoms with van der Waals surface area (Å²) in [5.41, 5.74) is 3.65. The smallest absolute Gasteiger partial charge is 0.335 e. The summed E-state index contributed by atoms with van der Waals surface area (Å²) in [5, 5.41) is 18.5. The Bertz CT molecular complexity index is 679. The highest BCUT2D eigenvalue weighted by Gasteiger charge is 2.09. The maximum absolute atomic E-state index is 11.8. The summed E-state index contributed by atoms with van der Waals surface area (Å²) in [4.78, 5) is 22.7. The number of hydrogen-bond acceptors (Lipinski definition) is 3. The Balaban J connectivity index is 1.95. The fourth-order valence-electron chi connectivity index (χ4n) is 1.90. The van der Waals surface area contributed by atoms with Crippen LogP contribution < -0.4 is 10.6 Å². The second-order valence-electron chi connectivity index (χ2n) is 4.72. The minimum absolute atomic E-state index is 0.231. The van der Waals surface area contributed by atoms with E-state index in [0.717, 1.165) is 11.1 Å². The zero-order valence-electron chi connectivity index (χ0n) is 11.8. The van der Waals surface area contributed by atoms with Crippen molar-refractivity contribution < 1.29 is 14.7 Å². The van der Waals surface area contributed by atoms with Crippen LogP contribution in [0, 0.1) is 13.8 Å². The summed E-state index contributed by atoms with van der Waals surface area (Å²) in [6.07, 6.45) is 0. The van der Waals surface area contributed by atoms with Gasteiger partial charge in [0.15, 0.2) is 0 Å². The molecule has 2 rings (SSSR count). The number of carbonyl (C=O) groups excluding carboxylic acids is 1. The van der Waals surface area contributed by atoms with Crippen molar-refractivity contribution in [1.29, 1.82) is 0 Å². The van der Waals surface area contributed by atoms with Crippen molar-refractivity contribution in [3.05, 3.63) is 51.2 Å². The quantitative estimate of drug-likeness (QED) is 0.810. The Morgan fingerprint density at radius 3 is 2.52 bits per heavy atom. The summed E-state index contributed by atoms with van der Waals surface area (Å²) in [5.74, 6) is -0.976. The van der Waals surface area contributed by atoms with Crippen molar-refractivity contribution in [1.82, 2.24) is 5.32 Å².